The molecule has 0 bridgehead atoms. The fourth-order valence-electron chi connectivity index (χ4n) is 3.79. The summed E-state index contributed by atoms with van der Waals surface area (Å²) in [7, 11) is 1.58. The Balaban J connectivity index is 1.84. The fourth-order valence-corrected chi connectivity index (χ4v) is 3.79. The number of carbonyl (C=O) groups excluding carboxylic acids is 2. The third-order valence-corrected chi connectivity index (χ3v) is 5.23. The van der Waals surface area contributed by atoms with E-state index in [0.717, 1.165) is 5.56 Å². The number of halogens is 1. The maximum atomic E-state index is 13.9. The molecule has 2 amide bonds. The zero-order valence-corrected chi connectivity index (χ0v) is 16.2. The second-order valence-corrected chi connectivity index (χ2v) is 6.86. The second-order valence-electron chi connectivity index (χ2n) is 6.86. The van der Waals surface area contributed by atoms with Gasteiger partial charge in [0.1, 0.15) is 11.6 Å². The summed E-state index contributed by atoms with van der Waals surface area (Å²) in [6, 6.07) is 13.5. The molecular formula is C22H25FN2O3. The Bertz CT molecular complexity index is 855. The number of hydrogen-bond acceptors (Lipinski definition) is 3. The van der Waals surface area contributed by atoms with E-state index in [2.05, 4.69) is 5.32 Å². The van der Waals surface area contributed by atoms with Crippen molar-refractivity contribution in [2.24, 2.45) is 5.92 Å². The van der Waals surface area contributed by atoms with Crippen LogP contribution in [-0.4, -0.2) is 30.4 Å². The van der Waals surface area contributed by atoms with Crippen molar-refractivity contribution in [3.05, 3.63) is 65.5 Å². The molecule has 0 aromatic heterocycles. The number of benzene rings is 2. The SMILES string of the molecule is CCN1C(=O)CC[C@@H](C(=O)NCc2ccccc2F)[C@@H]1c1cccc(OC)c1. The van der Waals surface area contributed by atoms with Gasteiger partial charge in [-0.05, 0) is 37.1 Å². The molecule has 1 fully saturated rings. The van der Waals surface area contributed by atoms with Gasteiger partial charge in [-0.25, -0.2) is 4.39 Å². The lowest BCUT2D eigenvalue weighted by atomic mass is 9.83. The smallest absolute Gasteiger partial charge is 0.225 e. The predicted octanol–water partition coefficient (Wildman–Crippen LogP) is 3.45. The normalized spacial score (nSPS) is 19.4. The maximum absolute atomic E-state index is 13.9. The molecule has 0 spiro atoms. The van der Waals surface area contributed by atoms with Gasteiger partial charge >= 0.3 is 0 Å². The molecule has 1 saturated heterocycles. The molecule has 0 radical (unpaired) electrons. The molecule has 1 heterocycles. The number of likely N-dealkylation sites (tertiary alicyclic amines) is 1. The highest BCUT2D eigenvalue weighted by Gasteiger charge is 2.40. The number of nitrogens with zero attached hydrogens (tertiary/aromatic N) is 1. The molecule has 0 aliphatic carbocycles. The molecule has 5 nitrogen and oxygen atoms in total. The molecule has 2 aromatic carbocycles. The second kappa shape index (κ2) is 8.87. The predicted molar refractivity (Wildman–Crippen MR) is 104 cm³/mol. The van der Waals surface area contributed by atoms with Crippen LogP contribution >= 0.6 is 0 Å². The summed E-state index contributed by atoms with van der Waals surface area (Å²) in [6.45, 7) is 2.54. The van der Waals surface area contributed by atoms with Crippen molar-refractivity contribution >= 4 is 11.8 Å². The van der Waals surface area contributed by atoms with Crippen molar-refractivity contribution in [3.8, 4) is 5.75 Å². The Morgan fingerprint density at radius 1 is 1.25 bits per heavy atom. The zero-order valence-electron chi connectivity index (χ0n) is 16.2. The maximum Gasteiger partial charge on any atom is 0.225 e. The van der Waals surface area contributed by atoms with Gasteiger partial charge in [-0.1, -0.05) is 30.3 Å². The van der Waals surface area contributed by atoms with Gasteiger partial charge in [-0.2, -0.15) is 0 Å². The van der Waals surface area contributed by atoms with Crippen LogP contribution in [0.1, 0.15) is 36.9 Å². The number of nitrogens with one attached hydrogen (secondary N) is 1. The number of methoxy groups -OCH3 is 1. The van der Waals surface area contributed by atoms with E-state index in [1.54, 1.807) is 30.2 Å². The van der Waals surface area contributed by atoms with E-state index < -0.39 is 5.92 Å². The van der Waals surface area contributed by atoms with Gasteiger partial charge in [0.2, 0.25) is 11.8 Å². The molecule has 1 aliphatic heterocycles. The largest absolute Gasteiger partial charge is 0.497 e. The van der Waals surface area contributed by atoms with Crippen molar-refractivity contribution in [1.82, 2.24) is 10.2 Å². The molecule has 2 atom stereocenters. The molecule has 28 heavy (non-hydrogen) atoms. The van der Waals surface area contributed by atoms with Gasteiger partial charge in [0.15, 0.2) is 0 Å². The van der Waals surface area contributed by atoms with Crippen molar-refractivity contribution in [1.29, 1.82) is 0 Å². The van der Waals surface area contributed by atoms with Crippen LogP contribution in [0.15, 0.2) is 48.5 Å². The van der Waals surface area contributed by atoms with E-state index in [-0.39, 0.29) is 30.2 Å². The van der Waals surface area contributed by atoms with E-state index in [0.29, 0.717) is 30.7 Å². The molecule has 2 aromatic rings. The lowest BCUT2D eigenvalue weighted by molar-refractivity contribution is -0.143. The summed E-state index contributed by atoms with van der Waals surface area (Å²) in [6.07, 6.45) is 0.784. The summed E-state index contributed by atoms with van der Waals surface area (Å²) in [5.41, 5.74) is 1.30. The van der Waals surface area contributed by atoms with Crippen LogP contribution < -0.4 is 10.1 Å². The first kappa shape index (κ1) is 19.9. The molecule has 1 aliphatic rings. The van der Waals surface area contributed by atoms with Crippen molar-refractivity contribution in [2.45, 2.75) is 32.4 Å². The third-order valence-electron chi connectivity index (χ3n) is 5.23. The minimum atomic E-state index is -0.406. The topological polar surface area (TPSA) is 58.6 Å². The van der Waals surface area contributed by atoms with Gasteiger partial charge in [-0.3, -0.25) is 9.59 Å². The number of amides is 2. The number of rotatable bonds is 6. The van der Waals surface area contributed by atoms with Crippen LogP contribution in [-0.2, 0) is 16.1 Å². The summed E-state index contributed by atoms with van der Waals surface area (Å²) in [4.78, 5) is 27.2. The van der Waals surface area contributed by atoms with E-state index >= 15 is 0 Å². The average Bonchev–Trinajstić information content (AvgIpc) is 2.72. The third kappa shape index (κ3) is 4.16. The highest BCUT2D eigenvalue weighted by molar-refractivity contribution is 5.85. The lowest BCUT2D eigenvalue weighted by Gasteiger charge is -2.40. The minimum absolute atomic E-state index is 0.0356. The van der Waals surface area contributed by atoms with Gasteiger partial charge in [0.05, 0.1) is 19.1 Å². The van der Waals surface area contributed by atoms with Gasteiger partial charge in [0.25, 0.3) is 0 Å². The van der Waals surface area contributed by atoms with E-state index in [4.69, 9.17) is 4.74 Å². The number of hydrogen-bond donors (Lipinski definition) is 1. The van der Waals surface area contributed by atoms with Crippen LogP contribution in [0, 0.1) is 11.7 Å². The number of piperidine rings is 1. The first-order valence-corrected chi connectivity index (χ1v) is 9.49. The Morgan fingerprint density at radius 2 is 2.04 bits per heavy atom. The highest BCUT2D eigenvalue weighted by atomic mass is 19.1. The lowest BCUT2D eigenvalue weighted by Crippen LogP contribution is -2.47. The first-order valence-electron chi connectivity index (χ1n) is 9.49. The van der Waals surface area contributed by atoms with Crippen LogP contribution in [0.5, 0.6) is 5.75 Å². The highest BCUT2D eigenvalue weighted by Crippen LogP contribution is 2.37. The minimum Gasteiger partial charge on any atom is -0.497 e. The van der Waals surface area contributed by atoms with Crippen molar-refractivity contribution in [3.63, 3.8) is 0 Å². The molecule has 3 rings (SSSR count). The standard InChI is InChI=1S/C22H25FN2O3/c1-3-25-20(26)12-11-18(21(25)15-8-6-9-17(13-15)28-2)22(27)24-14-16-7-4-5-10-19(16)23/h4-10,13,18,21H,3,11-12,14H2,1-2H3,(H,24,27)/t18-,21+/m1/s1. The van der Waals surface area contributed by atoms with E-state index in [9.17, 15) is 14.0 Å². The Labute approximate surface area is 164 Å². The van der Waals surface area contributed by atoms with Crippen molar-refractivity contribution in [2.75, 3.05) is 13.7 Å². The first-order chi connectivity index (χ1) is 13.5. The monoisotopic (exact) mass is 384 g/mol. The van der Waals surface area contributed by atoms with Gasteiger partial charge in [-0.15, -0.1) is 0 Å². The molecule has 148 valence electrons. The molecule has 6 heteroatoms. The van der Waals surface area contributed by atoms with E-state index in [1.807, 2.05) is 31.2 Å². The Hall–Kier alpha value is -2.89. The number of ether oxygens (including phenoxy) is 1. The van der Waals surface area contributed by atoms with Crippen LogP contribution in [0.25, 0.3) is 0 Å². The molecule has 0 unspecified atom stereocenters. The number of carbonyl (C=O) groups is 2. The Kier molecular flexibility index (Phi) is 6.29. The summed E-state index contributed by atoms with van der Waals surface area (Å²) in [5, 5.41) is 2.85. The fraction of sp³-hybridized carbons (Fsp3) is 0.364. The van der Waals surface area contributed by atoms with Crippen molar-refractivity contribution < 1.29 is 18.7 Å². The quantitative estimate of drug-likeness (QED) is 0.830. The summed E-state index contributed by atoms with van der Waals surface area (Å²) < 4.78 is 19.2. The molecule has 0 saturated carbocycles. The molecular weight excluding hydrogens is 359 g/mol. The molecule has 1 N–H and O–H groups in total. The summed E-state index contributed by atoms with van der Waals surface area (Å²) in [5.74, 6) is -0.217. The van der Waals surface area contributed by atoms with Crippen LogP contribution in [0.3, 0.4) is 0 Å². The zero-order chi connectivity index (χ0) is 20.1. The van der Waals surface area contributed by atoms with E-state index in [1.165, 1.54) is 6.07 Å². The Morgan fingerprint density at radius 3 is 2.75 bits per heavy atom. The van der Waals surface area contributed by atoms with Crippen LogP contribution in [0.2, 0.25) is 0 Å². The van der Waals surface area contributed by atoms with Crippen LogP contribution in [0.4, 0.5) is 4.39 Å². The van der Waals surface area contributed by atoms with Gasteiger partial charge in [0, 0.05) is 25.1 Å². The average molecular weight is 384 g/mol. The van der Waals surface area contributed by atoms with Gasteiger partial charge < -0.3 is 15.0 Å². The summed E-state index contributed by atoms with van der Waals surface area (Å²) >= 11 is 0.